The summed E-state index contributed by atoms with van der Waals surface area (Å²) in [4.78, 5) is 37.4. The van der Waals surface area contributed by atoms with Gasteiger partial charge >= 0.3 is 5.97 Å². The van der Waals surface area contributed by atoms with E-state index < -0.39 is 36.3 Å². The zero-order valence-corrected chi connectivity index (χ0v) is 14.3. The Morgan fingerprint density at radius 2 is 2.04 bits per heavy atom. The molecule has 0 unspecified atom stereocenters. The van der Waals surface area contributed by atoms with Crippen molar-refractivity contribution < 1.29 is 39.2 Å². The minimum absolute atomic E-state index is 0.0484. The van der Waals surface area contributed by atoms with E-state index in [0.717, 1.165) is 4.90 Å². The summed E-state index contributed by atoms with van der Waals surface area (Å²) < 4.78 is 10.7. The van der Waals surface area contributed by atoms with Crippen molar-refractivity contribution in [2.75, 3.05) is 20.3 Å². The minimum Gasteiger partial charge on any atom is -0.508 e. The molecule has 2 heterocycles. The molecule has 1 aromatic rings. The number of nitrogens with zero attached hydrogens (tertiary/aromatic N) is 1. The molecule has 3 rings (SSSR count). The second-order valence-electron chi connectivity index (χ2n) is 6.09. The van der Waals surface area contributed by atoms with E-state index >= 15 is 0 Å². The van der Waals surface area contributed by atoms with E-state index in [0.29, 0.717) is 5.56 Å². The number of phenols is 1. The zero-order valence-electron chi connectivity index (χ0n) is 14.3. The van der Waals surface area contributed by atoms with E-state index in [1.165, 1.54) is 19.2 Å². The number of ether oxygens (including phenoxy) is 2. The lowest BCUT2D eigenvalue weighted by Crippen LogP contribution is -2.82. The van der Waals surface area contributed by atoms with Crippen LogP contribution in [-0.4, -0.2) is 70.3 Å². The van der Waals surface area contributed by atoms with Crippen LogP contribution in [0.25, 0.3) is 0 Å². The number of aromatic hydroxyl groups is 1. The number of aliphatic hydroxyl groups excluding tert-OH is 1. The maximum atomic E-state index is 12.7. The molecule has 10 nitrogen and oxygen atoms in total. The number of carboxylic acids is 1. The largest absolute Gasteiger partial charge is 0.508 e. The Hall–Kier alpha value is -2.95. The number of hydrogen-bond donors (Lipinski definition) is 4. The van der Waals surface area contributed by atoms with Gasteiger partial charge in [-0.15, -0.1) is 0 Å². The molecule has 0 saturated carbocycles. The van der Waals surface area contributed by atoms with Crippen LogP contribution < -0.4 is 5.32 Å². The van der Waals surface area contributed by atoms with Gasteiger partial charge in [-0.25, -0.2) is 4.79 Å². The van der Waals surface area contributed by atoms with Crippen LogP contribution in [0.5, 0.6) is 5.75 Å². The fourth-order valence-corrected chi connectivity index (χ4v) is 3.12. The first-order valence-electron chi connectivity index (χ1n) is 7.99. The predicted octanol–water partition coefficient (Wildman–Crippen LogP) is -1.08. The first-order valence-corrected chi connectivity index (χ1v) is 7.99. The Morgan fingerprint density at radius 1 is 1.37 bits per heavy atom. The van der Waals surface area contributed by atoms with E-state index in [-0.39, 0.29) is 30.0 Å². The van der Waals surface area contributed by atoms with Crippen molar-refractivity contribution in [1.82, 2.24) is 10.2 Å². The summed E-state index contributed by atoms with van der Waals surface area (Å²) in [7, 11) is 1.20. The van der Waals surface area contributed by atoms with Gasteiger partial charge in [-0.2, -0.15) is 0 Å². The number of benzene rings is 1. The van der Waals surface area contributed by atoms with Gasteiger partial charge in [0.15, 0.2) is 6.23 Å². The molecule has 144 valence electrons. The fraction of sp³-hybridized carbons (Fsp3) is 0.353. The van der Waals surface area contributed by atoms with Gasteiger partial charge in [-0.05, 0) is 17.7 Å². The SMILES string of the molecule is CO[C@@]1(NC(=O)Cc2ccc(O)cc2)C(=O)N2C(C(=O)O)=C(CO)CO[C@@H]21. The average Bonchev–Trinajstić information content (AvgIpc) is 2.66. The summed E-state index contributed by atoms with van der Waals surface area (Å²) in [6.07, 6.45) is -1.25. The number of rotatable bonds is 6. The monoisotopic (exact) mass is 378 g/mol. The lowest BCUT2D eigenvalue weighted by molar-refractivity contribution is -0.258. The number of aliphatic hydroxyl groups is 1. The molecule has 2 amide bonds. The molecule has 1 saturated heterocycles. The van der Waals surface area contributed by atoms with Gasteiger partial charge in [-0.1, -0.05) is 12.1 Å². The van der Waals surface area contributed by atoms with Gasteiger partial charge in [0.1, 0.15) is 11.4 Å². The number of carbonyl (C=O) groups is 3. The highest BCUT2D eigenvalue weighted by Crippen LogP contribution is 2.40. The van der Waals surface area contributed by atoms with E-state index in [1.54, 1.807) is 12.1 Å². The highest BCUT2D eigenvalue weighted by Gasteiger charge is 2.67. The summed E-state index contributed by atoms with van der Waals surface area (Å²) >= 11 is 0. The highest BCUT2D eigenvalue weighted by molar-refractivity contribution is 6.03. The van der Waals surface area contributed by atoms with E-state index in [4.69, 9.17) is 9.47 Å². The molecule has 2 aliphatic heterocycles. The number of fused-ring (bicyclic) bond motifs is 1. The summed E-state index contributed by atoms with van der Waals surface area (Å²) in [6.45, 7) is -0.795. The standard InChI is InChI=1S/C17H18N2O8/c1-26-17(18-12(22)6-9-2-4-11(21)5-3-9)15(25)19-13(14(23)24)10(7-20)8-27-16(17)19/h2-5,16,20-21H,6-8H2,1H3,(H,18,22)(H,23,24)/t16-,17+/m1/s1. The van der Waals surface area contributed by atoms with Crippen molar-refractivity contribution in [1.29, 1.82) is 0 Å². The number of nitrogens with one attached hydrogen (secondary N) is 1. The number of phenolic OH excluding ortho intramolecular Hbond substituents is 1. The van der Waals surface area contributed by atoms with Crippen molar-refractivity contribution >= 4 is 17.8 Å². The second kappa shape index (κ2) is 6.99. The third-order valence-corrected chi connectivity index (χ3v) is 4.45. The summed E-state index contributed by atoms with van der Waals surface area (Å²) in [5.41, 5.74) is -1.58. The maximum absolute atomic E-state index is 12.7. The van der Waals surface area contributed by atoms with Gasteiger partial charge in [-0.3, -0.25) is 14.5 Å². The van der Waals surface area contributed by atoms with Crippen LogP contribution in [0.4, 0.5) is 0 Å². The Balaban J connectivity index is 1.80. The maximum Gasteiger partial charge on any atom is 0.352 e. The number of aliphatic carboxylic acids is 1. The van der Waals surface area contributed by atoms with Crippen molar-refractivity contribution in [3.8, 4) is 5.75 Å². The molecule has 0 spiro atoms. The molecule has 0 bridgehead atoms. The molecule has 0 aromatic heterocycles. The lowest BCUT2D eigenvalue weighted by atomic mass is 9.94. The molecule has 0 radical (unpaired) electrons. The molecule has 1 aromatic carbocycles. The summed E-state index contributed by atoms with van der Waals surface area (Å²) in [5.74, 6) is -2.69. The van der Waals surface area contributed by atoms with Crippen molar-refractivity contribution in [2.45, 2.75) is 18.4 Å². The van der Waals surface area contributed by atoms with Gasteiger partial charge in [0.2, 0.25) is 5.91 Å². The zero-order chi connectivity index (χ0) is 19.8. The number of carbonyl (C=O) groups excluding carboxylic acids is 2. The van der Waals surface area contributed by atoms with Crippen LogP contribution in [-0.2, 0) is 30.3 Å². The first-order chi connectivity index (χ1) is 12.8. The number of methoxy groups -OCH3 is 1. The van der Waals surface area contributed by atoms with E-state index in [2.05, 4.69) is 5.32 Å². The fourth-order valence-electron chi connectivity index (χ4n) is 3.12. The van der Waals surface area contributed by atoms with E-state index in [9.17, 15) is 29.7 Å². The number of β-lactam (4-membered cyclic amide) rings is 1. The quantitative estimate of drug-likeness (QED) is 0.361. The number of hydrogen-bond acceptors (Lipinski definition) is 7. The first kappa shape index (κ1) is 18.8. The Morgan fingerprint density at radius 3 is 2.59 bits per heavy atom. The molecule has 0 aliphatic carbocycles. The van der Waals surface area contributed by atoms with Crippen LogP contribution in [0.1, 0.15) is 5.56 Å². The Labute approximate surface area is 153 Å². The summed E-state index contributed by atoms with van der Waals surface area (Å²) in [5, 5.41) is 30.4. The molecular weight excluding hydrogens is 360 g/mol. The van der Waals surface area contributed by atoms with Gasteiger partial charge in [0.25, 0.3) is 11.6 Å². The molecule has 2 atom stereocenters. The molecular formula is C17H18N2O8. The third kappa shape index (κ3) is 3.03. The number of amides is 2. The molecule has 4 N–H and O–H groups in total. The summed E-state index contributed by atoms with van der Waals surface area (Å²) in [6, 6.07) is 5.96. The molecule has 10 heteroatoms. The van der Waals surface area contributed by atoms with E-state index in [1.807, 2.05) is 0 Å². The predicted molar refractivity (Wildman–Crippen MR) is 88.0 cm³/mol. The van der Waals surface area contributed by atoms with Gasteiger partial charge < -0.3 is 30.1 Å². The Bertz CT molecular complexity index is 819. The molecule has 1 fully saturated rings. The minimum atomic E-state index is -1.85. The molecule has 2 aliphatic rings. The van der Waals surface area contributed by atoms with Crippen molar-refractivity contribution in [3.63, 3.8) is 0 Å². The van der Waals surface area contributed by atoms with Gasteiger partial charge in [0.05, 0.1) is 19.6 Å². The van der Waals surface area contributed by atoms with Crippen molar-refractivity contribution in [2.24, 2.45) is 0 Å². The lowest BCUT2D eigenvalue weighted by Gasteiger charge is -2.55. The third-order valence-electron chi connectivity index (χ3n) is 4.45. The Kier molecular flexibility index (Phi) is 4.87. The van der Waals surface area contributed by atoms with Crippen LogP contribution in [0.15, 0.2) is 35.5 Å². The number of carboxylic acid groups (broad SMARTS) is 1. The second-order valence-corrected chi connectivity index (χ2v) is 6.09. The van der Waals surface area contributed by atoms with Crippen LogP contribution >= 0.6 is 0 Å². The smallest absolute Gasteiger partial charge is 0.352 e. The van der Waals surface area contributed by atoms with Crippen molar-refractivity contribution in [3.05, 3.63) is 41.1 Å². The van der Waals surface area contributed by atoms with Gasteiger partial charge in [0, 0.05) is 12.7 Å². The van der Waals surface area contributed by atoms with Crippen LogP contribution in [0.3, 0.4) is 0 Å². The average molecular weight is 378 g/mol. The highest BCUT2D eigenvalue weighted by atomic mass is 16.6. The normalized spacial score (nSPS) is 24.3. The topological polar surface area (TPSA) is 146 Å². The molecule has 27 heavy (non-hydrogen) atoms. The van der Waals surface area contributed by atoms with Crippen LogP contribution in [0.2, 0.25) is 0 Å². The van der Waals surface area contributed by atoms with Crippen LogP contribution in [0, 0.1) is 0 Å².